The predicted molar refractivity (Wildman–Crippen MR) is 126 cm³/mol. The summed E-state index contributed by atoms with van der Waals surface area (Å²) in [5.41, 5.74) is 12.5. The number of rotatable bonds is 4. The molecule has 1 aliphatic heterocycles. The number of likely N-dealkylation sites (tertiary alicyclic amines) is 1. The fraction of sp³-hybridized carbons (Fsp3) is 0.333. The van der Waals surface area contributed by atoms with Gasteiger partial charge in [-0.15, -0.1) is 36.2 Å². The summed E-state index contributed by atoms with van der Waals surface area (Å²) in [4.78, 5) is 18.2. The standard InChI is InChI=1S/C18H20Cl2N4O2S.2ClH/c1-24-4-2-12(3-5-24)26-13-7-10(14-9-15(19)27-16(14)20)6-11(8-13)17(25)23-18(21)22;;/h6-9,12H,2-5H2,1H3,(H4,21,22,23,25);2*1H. The highest BCUT2D eigenvalue weighted by atomic mass is 35.5. The summed E-state index contributed by atoms with van der Waals surface area (Å²) in [6.45, 7) is 1.94. The molecule has 11 heteroatoms. The van der Waals surface area contributed by atoms with Crippen molar-refractivity contribution >= 4 is 71.2 Å². The van der Waals surface area contributed by atoms with Crippen LogP contribution in [0.4, 0.5) is 0 Å². The van der Waals surface area contributed by atoms with Crippen molar-refractivity contribution in [2.45, 2.75) is 18.9 Å². The van der Waals surface area contributed by atoms with Gasteiger partial charge in [0.1, 0.15) is 16.2 Å². The summed E-state index contributed by atoms with van der Waals surface area (Å²) in [6.07, 6.45) is 1.93. The third-order valence-electron chi connectivity index (χ3n) is 4.32. The first-order chi connectivity index (χ1) is 12.8. The highest BCUT2D eigenvalue weighted by molar-refractivity contribution is 7.20. The van der Waals surface area contributed by atoms with Gasteiger partial charge in [0, 0.05) is 24.2 Å². The van der Waals surface area contributed by atoms with E-state index in [0.717, 1.165) is 37.1 Å². The molecule has 29 heavy (non-hydrogen) atoms. The third kappa shape index (κ3) is 6.91. The predicted octanol–water partition coefficient (Wildman–Crippen LogP) is 4.45. The Morgan fingerprint density at radius 1 is 1.17 bits per heavy atom. The maximum Gasteiger partial charge on any atom is 0.280 e. The molecule has 0 atom stereocenters. The first-order valence-electron chi connectivity index (χ1n) is 8.41. The summed E-state index contributed by atoms with van der Waals surface area (Å²) < 4.78 is 7.25. The number of nitrogens with two attached hydrogens (primary N) is 2. The van der Waals surface area contributed by atoms with Gasteiger partial charge in [-0.3, -0.25) is 4.79 Å². The van der Waals surface area contributed by atoms with Gasteiger partial charge in [-0.1, -0.05) is 23.2 Å². The zero-order chi connectivity index (χ0) is 19.6. The molecule has 0 spiro atoms. The Hall–Kier alpha value is -1.22. The van der Waals surface area contributed by atoms with E-state index in [4.69, 9.17) is 39.4 Å². The maximum atomic E-state index is 12.4. The van der Waals surface area contributed by atoms with E-state index in [1.54, 1.807) is 18.2 Å². The molecule has 0 bridgehead atoms. The highest BCUT2D eigenvalue weighted by Crippen LogP contribution is 2.40. The van der Waals surface area contributed by atoms with E-state index < -0.39 is 5.91 Å². The van der Waals surface area contributed by atoms with Crippen LogP contribution in [0.3, 0.4) is 0 Å². The molecule has 1 aliphatic rings. The van der Waals surface area contributed by atoms with Crippen molar-refractivity contribution in [1.29, 1.82) is 0 Å². The lowest BCUT2D eigenvalue weighted by atomic mass is 10.0. The van der Waals surface area contributed by atoms with Crippen molar-refractivity contribution in [1.82, 2.24) is 4.90 Å². The normalized spacial score (nSPS) is 14.4. The van der Waals surface area contributed by atoms with Gasteiger partial charge in [-0.05, 0) is 49.7 Å². The molecule has 2 aromatic rings. The minimum Gasteiger partial charge on any atom is -0.490 e. The average molecular weight is 500 g/mol. The van der Waals surface area contributed by atoms with Crippen LogP contribution >= 0.6 is 59.4 Å². The second-order valence-electron chi connectivity index (χ2n) is 6.45. The van der Waals surface area contributed by atoms with Gasteiger partial charge in [0.2, 0.25) is 0 Å². The van der Waals surface area contributed by atoms with E-state index in [0.29, 0.717) is 20.0 Å². The number of thiophene rings is 1. The van der Waals surface area contributed by atoms with E-state index in [1.165, 1.54) is 11.3 Å². The molecule has 0 unspecified atom stereocenters. The Labute approximate surface area is 196 Å². The summed E-state index contributed by atoms with van der Waals surface area (Å²) in [6, 6.07) is 6.95. The smallest absolute Gasteiger partial charge is 0.280 e. The molecule has 160 valence electrons. The Morgan fingerprint density at radius 3 is 2.38 bits per heavy atom. The lowest BCUT2D eigenvalue weighted by Crippen LogP contribution is -2.35. The molecular formula is C18H22Cl4N4O2S. The number of amides is 1. The number of ether oxygens (including phenoxy) is 1. The number of aliphatic imine (C=N–C) groups is 1. The Balaban J connectivity index is 0.00000210. The molecule has 4 N–H and O–H groups in total. The minimum atomic E-state index is -0.539. The van der Waals surface area contributed by atoms with E-state index in [1.807, 2.05) is 6.07 Å². The number of hydrogen-bond acceptors (Lipinski definition) is 4. The highest BCUT2D eigenvalue weighted by Gasteiger charge is 2.20. The average Bonchev–Trinajstić information content (AvgIpc) is 2.94. The zero-order valence-electron chi connectivity index (χ0n) is 15.6. The van der Waals surface area contributed by atoms with Crippen molar-refractivity contribution in [3.05, 3.63) is 38.5 Å². The molecule has 0 saturated carbocycles. The Kier molecular flexibility index (Phi) is 10.0. The van der Waals surface area contributed by atoms with E-state index in [-0.39, 0.29) is 36.9 Å². The first-order valence-corrected chi connectivity index (χ1v) is 9.98. The summed E-state index contributed by atoms with van der Waals surface area (Å²) in [5.74, 6) is -0.253. The third-order valence-corrected chi connectivity index (χ3v) is 5.81. The van der Waals surface area contributed by atoms with Crippen molar-refractivity contribution in [2.75, 3.05) is 20.1 Å². The van der Waals surface area contributed by atoms with Crippen LogP contribution in [0.5, 0.6) is 5.75 Å². The van der Waals surface area contributed by atoms with Crippen LogP contribution in [0.25, 0.3) is 11.1 Å². The number of hydrogen-bond donors (Lipinski definition) is 2. The van der Waals surface area contributed by atoms with Crippen LogP contribution in [-0.2, 0) is 0 Å². The van der Waals surface area contributed by atoms with Gasteiger partial charge in [0.05, 0.1) is 4.34 Å². The van der Waals surface area contributed by atoms with Crippen molar-refractivity contribution in [3.63, 3.8) is 0 Å². The first kappa shape index (κ1) is 25.8. The van der Waals surface area contributed by atoms with E-state index >= 15 is 0 Å². The quantitative estimate of drug-likeness (QED) is 0.478. The number of guanidine groups is 1. The SMILES string of the molecule is CN1CCC(Oc2cc(C(=O)N=C(N)N)cc(-c3cc(Cl)sc3Cl)c2)CC1.Cl.Cl. The van der Waals surface area contributed by atoms with Crippen molar-refractivity contribution < 1.29 is 9.53 Å². The number of carbonyl (C=O) groups is 1. The molecule has 2 heterocycles. The van der Waals surface area contributed by atoms with Gasteiger partial charge in [0.25, 0.3) is 5.91 Å². The van der Waals surface area contributed by atoms with E-state index in [9.17, 15) is 4.79 Å². The lowest BCUT2D eigenvalue weighted by molar-refractivity contribution is 0.0998. The molecule has 3 rings (SSSR count). The molecule has 6 nitrogen and oxygen atoms in total. The van der Waals surface area contributed by atoms with Crippen molar-refractivity contribution in [3.8, 4) is 16.9 Å². The van der Waals surface area contributed by atoms with Crippen LogP contribution in [0.2, 0.25) is 8.67 Å². The van der Waals surface area contributed by atoms with Crippen molar-refractivity contribution in [2.24, 2.45) is 16.5 Å². The maximum absolute atomic E-state index is 12.4. The zero-order valence-corrected chi connectivity index (χ0v) is 19.5. The summed E-state index contributed by atoms with van der Waals surface area (Å²) in [7, 11) is 2.09. The fourth-order valence-corrected chi connectivity index (χ4v) is 4.47. The Bertz CT molecular complexity index is 879. The van der Waals surface area contributed by atoms with Crippen LogP contribution in [0.1, 0.15) is 23.2 Å². The number of nitrogens with zero attached hydrogens (tertiary/aromatic N) is 2. The second kappa shape index (κ2) is 11.2. The Morgan fingerprint density at radius 2 is 1.83 bits per heavy atom. The molecule has 1 aromatic carbocycles. The summed E-state index contributed by atoms with van der Waals surface area (Å²) in [5, 5.41) is 0. The number of piperidine rings is 1. The lowest BCUT2D eigenvalue weighted by Gasteiger charge is -2.29. The van der Waals surface area contributed by atoms with Gasteiger partial charge in [-0.2, -0.15) is 4.99 Å². The second-order valence-corrected chi connectivity index (χ2v) is 8.73. The molecule has 1 saturated heterocycles. The minimum absolute atomic E-state index is 0. The molecule has 0 aliphatic carbocycles. The number of carbonyl (C=O) groups excluding carboxylic acids is 1. The van der Waals surface area contributed by atoms with Gasteiger partial charge in [0.15, 0.2) is 5.96 Å². The molecule has 0 radical (unpaired) electrons. The molecule has 1 aromatic heterocycles. The van der Waals surface area contributed by atoms with Crippen LogP contribution in [0.15, 0.2) is 29.3 Å². The van der Waals surface area contributed by atoms with E-state index in [2.05, 4.69) is 16.9 Å². The van der Waals surface area contributed by atoms with Crippen LogP contribution < -0.4 is 16.2 Å². The molecule has 1 fully saturated rings. The summed E-state index contributed by atoms with van der Waals surface area (Å²) >= 11 is 13.6. The van der Waals surface area contributed by atoms with Crippen LogP contribution in [-0.4, -0.2) is 43.0 Å². The van der Waals surface area contributed by atoms with Gasteiger partial charge < -0.3 is 21.1 Å². The van der Waals surface area contributed by atoms with Gasteiger partial charge in [-0.25, -0.2) is 0 Å². The van der Waals surface area contributed by atoms with Crippen LogP contribution in [0, 0.1) is 0 Å². The van der Waals surface area contributed by atoms with Gasteiger partial charge >= 0.3 is 0 Å². The largest absolute Gasteiger partial charge is 0.490 e. The monoisotopic (exact) mass is 498 g/mol. The molecule has 1 amide bonds. The number of halogens is 4. The topological polar surface area (TPSA) is 93.9 Å². The fourth-order valence-electron chi connectivity index (χ4n) is 2.96. The molecular weight excluding hydrogens is 478 g/mol. The number of benzene rings is 1.